The number of hydrogen-bond donors (Lipinski definition) is 0. The van der Waals surface area contributed by atoms with Gasteiger partial charge in [-0.15, -0.1) is 0 Å². The van der Waals surface area contributed by atoms with E-state index in [2.05, 4.69) is 0 Å². The molecule has 1 aromatic rings. The van der Waals surface area contributed by atoms with Crippen LogP contribution in [0.4, 0.5) is 4.79 Å². The smallest absolute Gasteiger partial charge is 0.372 e. The van der Waals surface area contributed by atoms with E-state index in [0.29, 0.717) is 12.1 Å². The molecule has 1 amide bonds. The third-order valence-electron chi connectivity index (χ3n) is 2.59. The van der Waals surface area contributed by atoms with Crippen LogP contribution in [0.5, 0.6) is 0 Å². The Morgan fingerprint density at radius 1 is 1.33 bits per heavy atom. The topological polar surface area (TPSA) is 46.6 Å². The number of aryl methyl sites for hydroxylation is 1. The lowest BCUT2D eigenvalue weighted by atomic mass is 10.1. The highest BCUT2D eigenvalue weighted by atomic mass is 16.6. The minimum Gasteiger partial charge on any atom is -0.372 e. The van der Waals surface area contributed by atoms with Gasteiger partial charge in [0.05, 0.1) is 5.56 Å². The Morgan fingerprint density at radius 2 is 2.06 bits per heavy atom. The van der Waals surface area contributed by atoms with E-state index in [9.17, 15) is 9.59 Å². The zero-order valence-corrected chi connectivity index (χ0v) is 11.1. The number of ether oxygens (including phenoxy) is 1. The second-order valence-corrected chi connectivity index (χ2v) is 4.30. The standard InChI is InChI=1S/C14H19NO3/c1-4-5-9-15(3)14(17)18-13(16)12-8-6-7-11(2)10-12/h6-8,10H,4-5,9H2,1-3H3. The highest BCUT2D eigenvalue weighted by Gasteiger charge is 2.16. The third kappa shape index (κ3) is 4.20. The molecule has 18 heavy (non-hydrogen) atoms. The van der Waals surface area contributed by atoms with Crippen molar-refractivity contribution in [1.82, 2.24) is 4.90 Å². The second-order valence-electron chi connectivity index (χ2n) is 4.30. The first-order chi connectivity index (χ1) is 8.54. The van der Waals surface area contributed by atoms with Gasteiger partial charge in [-0.25, -0.2) is 9.59 Å². The van der Waals surface area contributed by atoms with Crippen LogP contribution in [0.15, 0.2) is 24.3 Å². The molecular weight excluding hydrogens is 230 g/mol. The van der Waals surface area contributed by atoms with Gasteiger partial charge in [-0.2, -0.15) is 0 Å². The average molecular weight is 249 g/mol. The van der Waals surface area contributed by atoms with Gasteiger partial charge in [-0.05, 0) is 25.5 Å². The van der Waals surface area contributed by atoms with E-state index in [1.807, 2.05) is 19.9 Å². The van der Waals surface area contributed by atoms with Gasteiger partial charge in [0.1, 0.15) is 0 Å². The van der Waals surface area contributed by atoms with Gasteiger partial charge in [0, 0.05) is 13.6 Å². The highest BCUT2D eigenvalue weighted by Crippen LogP contribution is 2.07. The average Bonchev–Trinajstić information content (AvgIpc) is 2.35. The lowest BCUT2D eigenvalue weighted by Crippen LogP contribution is -2.30. The molecule has 0 unspecified atom stereocenters. The zero-order valence-electron chi connectivity index (χ0n) is 11.1. The maximum absolute atomic E-state index is 11.7. The molecule has 4 nitrogen and oxygen atoms in total. The Labute approximate surface area is 108 Å². The molecule has 1 aromatic carbocycles. The number of benzene rings is 1. The summed E-state index contributed by atoms with van der Waals surface area (Å²) in [6.45, 7) is 4.51. The fourth-order valence-corrected chi connectivity index (χ4v) is 1.47. The van der Waals surface area contributed by atoms with Gasteiger partial charge < -0.3 is 9.64 Å². The van der Waals surface area contributed by atoms with E-state index >= 15 is 0 Å². The normalized spacial score (nSPS) is 9.94. The molecule has 0 aromatic heterocycles. The van der Waals surface area contributed by atoms with Crippen molar-refractivity contribution in [2.24, 2.45) is 0 Å². The molecule has 0 spiro atoms. The molecule has 0 saturated heterocycles. The number of hydrogen-bond acceptors (Lipinski definition) is 3. The Kier molecular flexibility index (Phi) is 5.36. The Hall–Kier alpha value is -1.84. The summed E-state index contributed by atoms with van der Waals surface area (Å²) in [5.74, 6) is -0.605. The van der Waals surface area contributed by atoms with Crippen LogP contribution in [0.3, 0.4) is 0 Å². The zero-order chi connectivity index (χ0) is 13.5. The van der Waals surface area contributed by atoms with E-state index in [1.165, 1.54) is 4.90 Å². The van der Waals surface area contributed by atoms with Crippen molar-refractivity contribution in [3.05, 3.63) is 35.4 Å². The summed E-state index contributed by atoms with van der Waals surface area (Å²) in [6, 6.07) is 6.97. The van der Waals surface area contributed by atoms with Crippen molar-refractivity contribution in [2.45, 2.75) is 26.7 Å². The molecule has 4 heteroatoms. The summed E-state index contributed by atoms with van der Waals surface area (Å²) in [5.41, 5.74) is 1.35. The summed E-state index contributed by atoms with van der Waals surface area (Å²) in [6.07, 6.45) is 1.28. The fourth-order valence-electron chi connectivity index (χ4n) is 1.47. The first kappa shape index (κ1) is 14.2. The largest absolute Gasteiger partial charge is 0.417 e. The number of amides is 1. The maximum Gasteiger partial charge on any atom is 0.417 e. The minimum absolute atomic E-state index is 0.396. The molecule has 0 N–H and O–H groups in total. The molecule has 0 radical (unpaired) electrons. The van der Waals surface area contributed by atoms with Crippen LogP contribution in [0, 0.1) is 6.92 Å². The maximum atomic E-state index is 11.7. The lowest BCUT2D eigenvalue weighted by Gasteiger charge is -2.15. The SMILES string of the molecule is CCCCN(C)C(=O)OC(=O)c1cccc(C)c1. The molecule has 0 fully saturated rings. The quantitative estimate of drug-likeness (QED) is 0.608. The van der Waals surface area contributed by atoms with E-state index in [1.54, 1.807) is 25.2 Å². The van der Waals surface area contributed by atoms with E-state index in [-0.39, 0.29) is 0 Å². The van der Waals surface area contributed by atoms with Crippen LogP contribution < -0.4 is 0 Å². The molecule has 0 aliphatic carbocycles. The van der Waals surface area contributed by atoms with Crippen LogP contribution in [-0.4, -0.2) is 30.6 Å². The summed E-state index contributed by atoms with van der Waals surface area (Å²) in [7, 11) is 1.63. The Morgan fingerprint density at radius 3 is 2.67 bits per heavy atom. The van der Waals surface area contributed by atoms with Gasteiger partial charge in [-0.1, -0.05) is 31.0 Å². The number of unbranched alkanes of at least 4 members (excludes halogenated alkanes) is 1. The summed E-state index contributed by atoms with van der Waals surface area (Å²) >= 11 is 0. The van der Waals surface area contributed by atoms with Crippen LogP contribution in [0.25, 0.3) is 0 Å². The second kappa shape index (κ2) is 6.79. The van der Waals surface area contributed by atoms with Crippen LogP contribution in [0.2, 0.25) is 0 Å². The molecule has 0 bridgehead atoms. The van der Waals surface area contributed by atoms with Crippen molar-refractivity contribution < 1.29 is 14.3 Å². The van der Waals surface area contributed by atoms with Gasteiger partial charge in [0.2, 0.25) is 0 Å². The molecule has 0 heterocycles. The number of rotatable bonds is 4. The van der Waals surface area contributed by atoms with Crippen molar-refractivity contribution in [1.29, 1.82) is 0 Å². The van der Waals surface area contributed by atoms with Gasteiger partial charge in [-0.3, -0.25) is 0 Å². The van der Waals surface area contributed by atoms with Gasteiger partial charge >= 0.3 is 12.1 Å². The lowest BCUT2D eigenvalue weighted by molar-refractivity contribution is 0.0558. The minimum atomic E-state index is -0.605. The van der Waals surface area contributed by atoms with Crippen LogP contribution in [0.1, 0.15) is 35.7 Å². The molecule has 0 atom stereocenters. The predicted octanol–water partition coefficient (Wildman–Crippen LogP) is 3.00. The van der Waals surface area contributed by atoms with E-state index < -0.39 is 12.1 Å². The molecule has 1 rings (SSSR count). The van der Waals surface area contributed by atoms with E-state index in [0.717, 1.165) is 18.4 Å². The van der Waals surface area contributed by atoms with E-state index in [4.69, 9.17) is 4.74 Å². The van der Waals surface area contributed by atoms with Gasteiger partial charge in [0.25, 0.3) is 0 Å². The van der Waals surface area contributed by atoms with Crippen LogP contribution >= 0.6 is 0 Å². The monoisotopic (exact) mass is 249 g/mol. The van der Waals surface area contributed by atoms with Crippen molar-refractivity contribution in [3.8, 4) is 0 Å². The summed E-state index contributed by atoms with van der Waals surface area (Å²) in [4.78, 5) is 24.7. The van der Waals surface area contributed by atoms with Crippen molar-refractivity contribution in [2.75, 3.05) is 13.6 Å². The predicted molar refractivity (Wildman–Crippen MR) is 69.5 cm³/mol. The molecule has 0 aliphatic heterocycles. The Bertz CT molecular complexity index is 429. The number of carbonyl (C=O) groups is 2. The fraction of sp³-hybridized carbons (Fsp3) is 0.429. The number of carbonyl (C=O) groups excluding carboxylic acids is 2. The highest BCUT2D eigenvalue weighted by molar-refractivity contribution is 5.96. The number of nitrogens with zero attached hydrogens (tertiary/aromatic N) is 1. The molecular formula is C14H19NO3. The summed E-state index contributed by atoms with van der Waals surface area (Å²) in [5, 5.41) is 0. The molecule has 0 aliphatic rings. The van der Waals surface area contributed by atoms with Gasteiger partial charge in [0.15, 0.2) is 0 Å². The molecule has 98 valence electrons. The van der Waals surface area contributed by atoms with Crippen LogP contribution in [-0.2, 0) is 4.74 Å². The number of esters is 1. The summed E-state index contributed by atoms with van der Waals surface area (Å²) < 4.78 is 4.80. The third-order valence-corrected chi connectivity index (χ3v) is 2.59. The Balaban J connectivity index is 2.57. The van der Waals surface area contributed by atoms with Crippen molar-refractivity contribution >= 4 is 12.1 Å². The van der Waals surface area contributed by atoms with Crippen molar-refractivity contribution in [3.63, 3.8) is 0 Å². The molecule has 0 saturated carbocycles. The first-order valence-corrected chi connectivity index (χ1v) is 6.08. The first-order valence-electron chi connectivity index (χ1n) is 6.08.